The Morgan fingerprint density at radius 1 is 0.773 bits per heavy atom. The van der Waals surface area contributed by atoms with Crippen LogP contribution in [0.15, 0.2) is 0 Å². The first-order valence-electron chi connectivity index (χ1n) is 9.40. The lowest BCUT2D eigenvalue weighted by Crippen LogP contribution is -2.20. The lowest BCUT2D eigenvalue weighted by atomic mass is 9.99. The zero-order valence-corrected chi connectivity index (χ0v) is 16.2. The van der Waals surface area contributed by atoms with Crippen molar-refractivity contribution in [3.05, 3.63) is 0 Å². The van der Waals surface area contributed by atoms with Gasteiger partial charge in [-0.2, -0.15) is 0 Å². The topological polar surface area (TPSA) is 46.5 Å². The van der Waals surface area contributed by atoms with E-state index in [1.165, 1.54) is 77.0 Å². The molecule has 0 saturated carbocycles. The van der Waals surface area contributed by atoms with E-state index in [2.05, 4.69) is 6.92 Å². The molecule has 22 heavy (non-hydrogen) atoms. The Hall–Kier alpha value is 0.150. The molecule has 0 aromatic carbocycles. The average Bonchev–Trinajstić information content (AvgIpc) is 2.42. The van der Waals surface area contributed by atoms with Crippen LogP contribution in [0, 0.1) is 0 Å². The van der Waals surface area contributed by atoms with Crippen molar-refractivity contribution in [1.82, 2.24) is 0 Å². The molecule has 0 aromatic rings. The Morgan fingerprint density at radius 3 is 1.50 bits per heavy atom. The zero-order valence-electron chi connectivity index (χ0n) is 15.2. The van der Waals surface area contributed by atoms with Crippen molar-refractivity contribution < 1.29 is 14.0 Å². The van der Waals surface area contributed by atoms with Crippen LogP contribution in [0.25, 0.3) is 0 Å². The van der Waals surface area contributed by atoms with Gasteiger partial charge in [-0.1, -0.05) is 90.4 Å². The highest BCUT2D eigenvalue weighted by Gasteiger charge is 2.19. The molecule has 0 aliphatic rings. The van der Waals surface area contributed by atoms with Crippen LogP contribution in [0.1, 0.15) is 111 Å². The molecule has 1 N–H and O–H groups in total. The normalized spacial score (nSPS) is 13.5. The van der Waals surface area contributed by atoms with Crippen molar-refractivity contribution in [1.29, 1.82) is 0 Å². The van der Waals surface area contributed by atoms with Gasteiger partial charge in [0.1, 0.15) is 0 Å². The van der Waals surface area contributed by atoms with E-state index < -0.39 is 13.9 Å². The fraction of sp³-hybridized carbons (Fsp3) is 1.00. The molecule has 0 aliphatic carbocycles. The summed E-state index contributed by atoms with van der Waals surface area (Å²) in [6, 6.07) is 0. The standard InChI is InChI=1S/C18H39O3P/c1-4-5-6-7-8-9-10-11-12-13-14-15-16-17-18(2,3)21-22(19)20/h22H,4-17H2,1-3H3,(H,19,20). The highest BCUT2D eigenvalue weighted by Crippen LogP contribution is 2.29. The first-order valence-corrected chi connectivity index (χ1v) is 10.7. The van der Waals surface area contributed by atoms with Crippen molar-refractivity contribution in [2.75, 3.05) is 0 Å². The Labute approximate surface area is 139 Å². The van der Waals surface area contributed by atoms with Crippen LogP contribution in [0.4, 0.5) is 0 Å². The molecule has 0 spiro atoms. The van der Waals surface area contributed by atoms with Gasteiger partial charge < -0.3 is 9.42 Å². The van der Waals surface area contributed by atoms with Crippen LogP contribution < -0.4 is 0 Å². The smallest absolute Gasteiger partial charge is 0.317 e. The summed E-state index contributed by atoms with van der Waals surface area (Å²) in [4.78, 5) is 8.82. The van der Waals surface area contributed by atoms with Gasteiger partial charge in [-0.15, -0.1) is 0 Å². The Kier molecular flexibility index (Phi) is 14.8. The quantitative estimate of drug-likeness (QED) is 0.254. The minimum absolute atomic E-state index is 0.456. The maximum absolute atomic E-state index is 10.7. The molecular weight excluding hydrogens is 295 g/mol. The fourth-order valence-corrected chi connectivity index (χ4v) is 3.43. The van der Waals surface area contributed by atoms with E-state index in [-0.39, 0.29) is 0 Å². The van der Waals surface area contributed by atoms with Crippen molar-refractivity contribution in [3.8, 4) is 0 Å². The summed E-state index contributed by atoms with van der Waals surface area (Å²) in [5.74, 6) is 0. The number of unbranched alkanes of at least 4 members (excludes halogenated alkanes) is 12. The SMILES string of the molecule is CCCCCCCCCCCCCCCC(C)(C)O[PH](=O)O. The van der Waals surface area contributed by atoms with Crippen LogP contribution in [0.5, 0.6) is 0 Å². The maximum Gasteiger partial charge on any atom is 0.317 e. The molecule has 0 aliphatic heterocycles. The predicted octanol–water partition coefficient (Wildman–Crippen LogP) is 6.64. The van der Waals surface area contributed by atoms with Crippen LogP contribution in [0.3, 0.4) is 0 Å². The molecule has 0 fully saturated rings. The highest BCUT2D eigenvalue weighted by molar-refractivity contribution is 7.32. The summed E-state index contributed by atoms with van der Waals surface area (Å²) < 4.78 is 15.8. The van der Waals surface area contributed by atoms with Gasteiger partial charge in [-0.3, -0.25) is 4.57 Å². The molecule has 1 unspecified atom stereocenters. The molecule has 0 radical (unpaired) electrons. The summed E-state index contributed by atoms with van der Waals surface area (Å²) in [5.41, 5.74) is -0.456. The van der Waals surface area contributed by atoms with Crippen LogP contribution >= 0.6 is 8.25 Å². The Bertz CT molecular complexity index is 267. The third-order valence-electron chi connectivity index (χ3n) is 4.25. The molecule has 134 valence electrons. The van der Waals surface area contributed by atoms with Crippen molar-refractivity contribution in [2.45, 2.75) is 116 Å². The average molecular weight is 334 g/mol. The highest BCUT2D eigenvalue weighted by atomic mass is 31.1. The van der Waals surface area contributed by atoms with E-state index in [1.807, 2.05) is 13.8 Å². The largest absolute Gasteiger partial charge is 0.326 e. The van der Waals surface area contributed by atoms with Crippen molar-refractivity contribution in [3.63, 3.8) is 0 Å². The van der Waals surface area contributed by atoms with Crippen molar-refractivity contribution in [2.24, 2.45) is 0 Å². The predicted molar refractivity (Wildman–Crippen MR) is 96.7 cm³/mol. The molecule has 0 aromatic heterocycles. The second-order valence-corrected chi connectivity index (χ2v) is 7.86. The fourth-order valence-electron chi connectivity index (χ4n) is 2.86. The number of rotatable bonds is 16. The van der Waals surface area contributed by atoms with Gasteiger partial charge in [-0.05, 0) is 20.3 Å². The Balaban J connectivity index is 3.22. The Morgan fingerprint density at radius 2 is 1.14 bits per heavy atom. The van der Waals surface area contributed by atoms with Gasteiger partial charge in [0.25, 0.3) is 0 Å². The second-order valence-electron chi connectivity index (χ2n) is 7.12. The molecular formula is C18H39O3P. The van der Waals surface area contributed by atoms with E-state index >= 15 is 0 Å². The molecule has 4 heteroatoms. The maximum atomic E-state index is 10.7. The van der Waals surface area contributed by atoms with Gasteiger partial charge in [0, 0.05) is 0 Å². The summed E-state index contributed by atoms with van der Waals surface area (Å²) in [7, 11) is -2.81. The monoisotopic (exact) mass is 334 g/mol. The van der Waals surface area contributed by atoms with E-state index in [1.54, 1.807) is 0 Å². The summed E-state index contributed by atoms with van der Waals surface area (Å²) >= 11 is 0. The summed E-state index contributed by atoms with van der Waals surface area (Å²) in [6.45, 7) is 6.06. The first kappa shape index (κ1) is 22.1. The second kappa shape index (κ2) is 14.7. The molecule has 0 heterocycles. The lowest BCUT2D eigenvalue weighted by molar-refractivity contribution is 0.0910. The first-order chi connectivity index (χ1) is 10.5. The molecule has 0 rings (SSSR count). The molecule has 0 amide bonds. The van der Waals surface area contributed by atoms with Gasteiger partial charge in [0.2, 0.25) is 0 Å². The third-order valence-corrected chi connectivity index (χ3v) is 4.97. The van der Waals surface area contributed by atoms with E-state index in [0.717, 1.165) is 12.8 Å². The molecule has 0 saturated heterocycles. The van der Waals surface area contributed by atoms with Crippen molar-refractivity contribution >= 4 is 8.25 Å². The number of hydrogen-bond donors (Lipinski definition) is 1. The minimum Gasteiger partial charge on any atom is -0.326 e. The van der Waals surface area contributed by atoms with Gasteiger partial charge in [0.05, 0.1) is 5.60 Å². The third kappa shape index (κ3) is 16.5. The molecule has 0 bridgehead atoms. The summed E-state index contributed by atoms with van der Waals surface area (Å²) in [5, 5.41) is 0. The van der Waals surface area contributed by atoms with E-state index in [4.69, 9.17) is 9.42 Å². The zero-order chi connectivity index (χ0) is 16.7. The van der Waals surface area contributed by atoms with Crippen LogP contribution in [0.2, 0.25) is 0 Å². The van der Waals surface area contributed by atoms with E-state index in [9.17, 15) is 4.57 Å². The summed E-state index contributed by atoms with van der Waals surface area (Å²) in [6.07, 6.45) is 18.3. The van der Waals surface area contributed by atoms with Gasteiger partial charge in [0.15, 0.2) is 0 Å². The van der Waals surface area contributed by atoms with Crippen LogP contribution in [-0.4, -0.2) is 10.5 Å². The van der Waals surface area contributed by atoms with Crippen LogP contribution in [-0.2, 0) is 9.09 Å². The lowest BCUT2D eigenvalue weighted by Gasteiger charge is -2.23. The number of hydrogen-bond acceptors (Lipinski definition) is 2. The van der Waals surface area contributed by atoms with Gasteiger partial charge in [-0.25, -0.2) is 0 Å². The molecule has 1 atom stereocenters. The van der Waals surface area contributed by atoms with Gasteiger partial charge >= 0.3 is 8.25 Å². The van der Waals surface area contributed by atoms with E-state index in [0.29, 0.717) is 0 Å². The minimum atomic E-state index is -2.81. The molecule has 3 nitrogen and oxygen atoms in total.